The molecule has 1 atom stereocenters. The van der Waals surface area contributed by atoms with Gasteiger partial charge in [-0.25, -0.2) is 0 Å². The molecule has 0 N–H and O–H groups in total. The van der Waals surface area contributed by atoms with E-state index in [1.807, 2.05) is 0 Å². The average molecular weight is 670 g/mol. The van der Waals surface area contributed by atoms with Gasteiger partial charge < -0.3 is 4.74 Å². The van der Waals surface area contributed by atoms with E-state index >= 15 is 0 Å². The lowest BCUT2D eigenvalue weighted by atomic mass is 10.1. The molecule has 5 aliphatic rings. The molecule has 0 fully saturated rings. The Morgan fingerprint density at radius 1 is 0.647 bits per heavy atom. The number of benzene rings is 5. The number of ether oxygens (including phenoxy) is 1. The predicted octanol–water partition coefficient (Wildman–Crippen LogP) is 4.99. The fourth-order valence-corrected chi connectivity index (χ4v) is 16.0. The molecule has 0 saturated heterocycles. The van der Waals surface area contributed by atoms with Gasteiger partial charge in [0.1, 0.15) is 10.2 Å². The molecule has 0 amide bonds. The van der Waals surface area contributed by atoms with Crippen molar-refractivity contribution in [3.05, 3.63) is 152 Å². The molecule has 234 valence electrons. The van der Waals surface area contributed by atoms with Crippen molar-refractivity contribution in [2.75, 3.05) is 0 Å². The van der Waals surface area contributed by atoms with Crippen LogP contribution in [-0.2, 0) is 0 Å². The van der Waals surface area contributed by atoms with Crippen molar-refractivity contribution < 1.29 is 14.1 Å². The normalized spacial score (nSPS) is 17.8. The number of nitrogens with zero attached hydrogens (tertiary/aromatic N) is 6. The zero-order valence-corrected chi connectivity index (χ0v) is 28.0. The van der Waals surface area contributed by atoms with E-state index in [4.69, 9.17) is 9.84 Å². The summed E-state index contributed by atoms with van der Waals surface area (Å²) in [4.78, 5) is 2.41. The van der Waals surface area contributed by atoms with E-state index in [2.05, 4.69) is 170 Å². The monoisotopic (exact) mass is 669 g/mol. The zero-order valence-electron chi connectivity index (χ0n) is 27.0. The van der Waals surface area contributed by atoms with Crippen LogP contribution in [-0.4, -0.2) is 22.5 Å². The van der Waals surface area contributed by atoms with Crippen LogP contribution in [0.5, 0.6) is 11.6 Å². The first-order valence-corrected chi connectivity index (χ1v) is 19.5. The van der Waals surface area contributed by atoms with Crippen LogP contribution in [0.4, 0.5) is 5.69 Å². The summed E-state index contributed by atoms with van der Waals surface area (Å²) >= 11 is 0. The molecule has 1 unspecified atom stereocenters. The van der Waals surface area contributed by atoms with Crippen LogP contribution in [0.3, 0.4) is 0 Å². The Balaban J connectivity index is 1.26. The molecular formula is C43H25N6OSi+3. The van der Waals surface area contributed by atoms with Crippen molar-refractivity contribution in [3.63, 3.8) is 0 Å². The molecule has 0 aliphatic carbocycles. The van der Waals surface area contributed by atoms with Gasteiger partial charge in [0.2, 0.25) is 21.9 Å². The van der Waals surface area contributed by atoms with E-state index in [1.54, 1.807) is 0 Å². The quantitative estimate of drug-likeness (QED) is 0.141. The molecule has 14 rings (SSSR count). The minimum atomic E-state index is -2.83. The molecule has 0 radical (unpaired) electrons. The van der Waals surface area contributed by atoms with Gasteiger partial charge >= 0.3 is 22.9 Å². The van der Waals surface area contributed by atoms with Gasteiger partial charge in [-0.15, -0.1) is 5.10 Å². The van der Waals surface area contributed by atoms with Crippen molar-refractivity contribution in [2.24, 2.45) is 0 Å². The Morgan fingerprint density at radius 3 is 2.24 bits per heavy atom. The second-order valence-electron chi connectivity index (χ2n) is 14.2. The third-order valence-corrected chi connectivity index (χ3v) is 17.0. The van der Waals surface area contributed by atoms with Gasteiger partial charge in [-0.3, -0.25) is 0 Å². The van der Waals surface area contributed by atoms with E-state index in [1.165, 1.54) is 53.9 Å². The van der Waals surface area contributed by atoms with Crippen LogP contribution < -0.4 is 39.6 Å². The van der Waals surface area contributed by atoms with Crippen LogP contribution in [0.1, 0.15) is 0 Å². The van der Waals surface area contributed by atoms with E-state index in [0.717, 1.165) is 45.6 Å². The molecule has 9 heterocycles. The predicted molar refractivity (Wildman–Crippen MR) is 198 cm³/mol. The van der Waals surface area contributed by atoms with Crippen LogP contribution in [0.15, 0.2) is 152 Å². The largest absolute Gasteiger partial charge is 0.438 e. The maximum atomic E-state index is 6.99. The van der Waals surface area contributed by atoms with Gasteiger partial charge in [0, 0.05) is 42.9 Å². The third kappa shape index (κ3) is 2.44. The van der Waals surface area contributed by atoms with Crippen molar-refractivity contribution in [1.29, 1.82) is 0 Å². The van der Waals surface area contributed by atoms with E-state index in [-0.39, 0.29) is 4.81 Å². The molecule has 51 heavy (non-hydrogen) atoms. The molecule has 0 bridgehead atoms. The molecule has 4 aromatic heterocycles. The lowest BCUT2D eigenvalue weighted by Gasteiger charge is -2.38. The minimum Gasteiger partial charge on any atom is -0.394 e. The van der Waals surface area contributed by atoms with Crippen molar-refractivity contribution >= 4 is 56.4 Å². The summed E-state index contributed by atoms with van der Waals surface area (Å²) in [6.07, 6.45) is 2.23. The lowest BCUT2D eigenvalue weighted by molar-refractivity contribution is -1.05. The summed E-state index contributed by atoms with van der Waals surface area (Å²) in [7, 11) is -2.83. The Labute approximate surface area is 291 Å². The maximum Gasteiger partial charge on any atom is 0.438 e. The van der Waals surface area contributed by atoms with E-state index < -0.39 is 8.07 Å². The summed E-state index contributed by atoms with van der Waals surface area (Å²) < 4.78 is 14.3. The number of pyridine rings is 2. The first kappa shape index (κ1) is 25.4. The molecule has 5 aromatic carbocycles. The topological polar surface area (TPSA) is 39.7 Å². The van der Waals surface area contributed by atoms with Gasteiger partial charge in [-0.1, -0.05) is 97.1 Å². The second-order valence-corrected chi connectivity index (χ2v) is 17.8. The highest BCUT2D eigenvalue weighted by Crippen LogP contribution is 2.52. The van der Waals surface area contributed by atoms with Crippen LogP contribution >= 0.6 is 0 Å². The highest BCUT2D eigenvalue weighted by atomic mass is 28.3. The van der Waals surface area contributed by atoms with Gasteiger partial charge in [0.25, 0.3) is 0 Å². The Kier molecular flexibility index (Phi) is 4.01. The fourth-order valence-electron chi connectivity index (χ4n) is 10.4. The highest BCUT2D eigenvalue weighted by molar-refractivity contribution is 7.23. The average Bonchev–Trinajstić information content (AvgIpc) is 3.92. The molecular weight excluding hydrogens is 645 g/mol. The zero-order chi connectivity index (χ0) is 32.8. The minimum absolute atomic E-state index is 0.183. The van der Waals surface area contributed by atoms with Crippen LogP contribution in [0.25, 0.3) is 61.4 Å². The second kappa shape index (κ2) is 8.05. The van der Waals surface area contributed by atoms with Gasteiger partial charge in [0.15, 0.2) is 14.3 Å². The first-order valence-electron chi connectivity index (χ1n) is 17.5. The van der Waals surface area contributed by atoms with E-state index in [9.17, 15) is 0 Å². The SMILES string of the molecule is c1ccc(-c2cc3n(n2)[N+]24c5c(ccc6c5-n5c7c(cccc7c7ccc[n+]2c75)[Si]62c5ccccc5-c5ccccc52)Oc2cccc-3[n+]24)cc1. The van der Waals surface area contributed by atoms with E-state index in [0.29, 0.717) is 0 Å². The summed E-state index contributed by atoms with van der Waals surface area (Å²) in [5.41, 5.74) is 11.6. The Bertz CT molecular complexity index is 3100. The molecule has 8 heteroatoms. The number of rotatable bonds is 1. The van der Waals surface area contributed by atoms with Crippen molar-refractivity contribution in [1.82, 2.24) is 19.3 Å². The van der Waals surface area contributed by atoms with Crippen molar-refractivity contribution in [2.45, 2.75) is 0 Å². The summed E-state index contributed by atoms with van der Waals surface area (Å²) in [5, 5.41) is 13.8. The molecule has 7 nitrogen and oxygen atoms in total. The molecule has 5 aliphatic heterocycles. The number of para-hydroxylation sites is 1. The fraction of sp³-hybridized carbons (Fsp3) is 0. The highest BCUT2D eigenvalue weighted by Gasteiger charge is 2.73. The number of quaternary nitrogens is 1. The van der Waals surface area contributed by atoms with Crippen LogP contribution in [0.2, 0.25) is 0 Å². The lowest BCUT2D eigenvalue weighted by Crippen LogP contribution is -2.89. The third-order valence-electron chi connectivity index (χ3n) is 12.1. The maximum absolute atomic E-state index is 6.99. The number of fused-ring (bicyclic) bond motifs is 10. The molecule has 9 aromatic rings. The number of aromatic nitrogens is 5. The Morgan fingerprint density at radius 2 is 1.39 bits per heavy atom. The summed E-state index contributed by atoms with van der Waals surface area (Å²) in [6, 6.07) is 53.6. The smallest absolute Gasteiger partial charge is 0.394 e. The molecule has 0 saturated carbocycles. The summed E-state index contributed by atoms with van der Waals surface area (Å²) in [6.45, 7) is 0. The molecule has 2 spiro atoms. The van der Waals surface area contributed by atoms with Gasteiger partial charge in [-0.05, 0) is 51.8 Å². The van der Waals surface area contributed by atoms with Crippen molar-refractivity contribution in [3.8, 4) is 51.1 Å². The first-order chi connectivity index (χ1) is 25.3. The number of hydrogen-bond acceptors (Lipinski definition) is 2. The standard InChI is InChI=1S/C43H25N6OSi/c1-2-11-26(12-3-1)31-25-33-32-17-9-21-39-47(32)49(48(33)44-31)42-34(50-39)22-23-38-41(42)46-40-29(30-16-10-24-45(49)43(30)46)15-8-20-37(40)51(38)35-18-6-4-13-27(35)28-14-5-7-19-36(28)51/h1-25H/q+3. The van der Waals surface area contributed by atoms with Gasteiger partial charge in [-0.2, -0.15) is 4.57 Å². The Hall–Kier alpha value is -6.61. The van der Waals surface area contributed by atoms with Crippen LogP contribution in [0, 0.1) is 0 Å². The summed E-state index contributed by atoms with van der Waals surface area (Å²) in [5.74, 6) is 1.62. The van der Waals surface area contributed by atoms with Gasteiger partial charge in [0.05, 0.1) is 17.1 Å². The number of hydrogen-bond donors (Lipinski definition) is 0.